The number of sulfone groups is 1. The Morgan fingerprint density at radius 2 is 1.70 bits per heavy atom. The summed E-state index contributed by atoms with van der Waals surface area (Å²) in [5.74, 6) is -3.72. The van der Waals surface area contributed by atoms with Crippen LogP contribution in [0, 0.1) is 17.5 Å². The molecule has 0 aliphatic carbocycles. The summed E-state index contributed by atoms with van der Waals surface area (Å²) in [5, 5.41) is -0.630. The molecule has 0 aliphatic heterocycles. The van der Waals surface area contributed by atoms with E-state index in [9.17, 15) is 26.4 Å². The zero-order valence-corrected chi connectivity index (χ0v) is 10.8. The molecule has 0 atom stereocenters. The van der Waals surface area contributed by atoms with E-state index in [1.165, 1.54) is 0 Å². The second kappa shape index (κ2) is 4.75. The van der Waals surface area contributed by atoms with Crippen LogP contribution in [-0.4, -0.2) is 24.6 Å². The Kier molecular flexibility index (Phi) is 3.38. The molecule has 0 bridgehead atoms. The van der Waals surface area contributed by atoms with Crippen LogP contribution in [0.5, 0.6) is 0 Å². The number of nitrogens with one attached hydrogen (secondary N) is 1. The number of aromatic nitrogens is 2. The van der Waals surface area contributed by atoms with Gasteiger partial charge in [-0.3, -0.25) is 9.78 Å². The summed E-state index contributed by atoms with van der Waals surface area (Å²) in [6.07, 6.45) is 1.53. The van der Waals surface area contributed by atoms with Crippen molar-refractivity contribution >= 4 is 9.84 Å². The zero-order chi connectivity index (χ0) is 15.1. The largest absolute Gasteiger partial charge is 0.297 e. The van der Waals surface area contributed by atoms with E-state index in [2.05, 4.69) is 4.98 Å². The molecule has 0 aliphatic rings. The van der Waals surface area contributed by atoms with E-state index in [1.807, 2.05) is 4.98 Å². The van der Waals surface area contributed by atoms with E-state index in [0.29, 0.717) is 18.3 Å². The van der Waals surface area contributed by atoms with Gasteiger partial charge in [0.2, 0.25) is 15.0 Å². The van der Waals surface area contributed by atoms with Gasteiger partial charge in [-0.05, 0) is 0 Å². The van der Waals surface area contributed by atoms with Gasteiger partial charge in [0, 0.05) is 24.6 Å². The summed E-state index contributed by atoms with van der Waals surface area (Å²) < 4.78 is 62.2. The smallest absolute Gasteiger partial charge is 0.259 e. The lowest BCUT2D eigenvalue weighted by Crippen LogP contribution is -2.17. The van der Waals surface area contributed by atoms with Crippen LogP contribution in [0.3, 0.4) is 0 Å². The molecule has 2 rings (SSSR count). The van der Waals surface area contributed by atoms with Crippen LogP contribution in [0.15, 0.2) is 28.3 Å². The van der Waals surface area contributed by atoms with Gasteiger partial charge in [0.1, 0.15) is 17.5 Å². The van der Waals surface area contributed by atoms with E-state index in [4.69, 9.17) is 0 Å². The van der Waals surface area contributed by atoms with E-state index in [1.54, 1.807) is 0 Å². The summed E-state index contributed by atoms with van der Waals surface area (Å²) in [4.78, 5) is 17.0. The van der Waals surface area contributed by atoms with Crippen molar-refractivity contribution in [3.05, 3.63) is 46.1 Å². The lowest BCUT2D eigenvalue weighted by atomic mass is 10.1. The highest BCUT2D eigenvalue weighted by molar-refractivity contribution is 7.90. The minimum Gasteiger partial charge on any atom is -0.297 e. The van der Waals surface area contributed by atoms with Crippen LogP contribution in [0.4, 0.5) is 13.2 Å². The van der Waals surface area contributed by atoms with E-state index in [0.717, 1.165) is 6.26 Å². The molecule has 106 valence electrons. The van der Waals surface area contributed by atoms with Gasteiger partial charge in [-0.1, -0.05) is 0 Å². The van der Waals surface area contributed by atoms with Gasteiger partial charge in [-0.15, -0.1) is 0 Å². The molecule has 1 N–H and O–H groups in total. The van der Waals surface area contributed by atoms with Crippen LogP contribution in [0.2, 0.25) is 0 Å². The lowest BCUT2D eigenvalue weighted by molar-refractivity contribution is 0.547. The van der Waals surface area contributed by atoms with Crippen molar-refractivity contribution in [3.63, 3.8) is 0 Å². The molecule has 20 heavy (non-hydrogen) atoms. The molecule has 0 amide bonds. The minimum atomic E-state index is -3.77. The Morgan fingerprint density at radius 1 is 1.15 bits per heavy atom. The van der Waals surface area contributed by atoms with Crippen molar-refractivity contribution in [1.82, 2.24) is 9.97 Å². The molecule has 1 heterocycles. The van der Waals surface area contributed by atoms with Crippen molar-refractivity contribution < 1.29 is 21.6 Å². The molecule has 0 fully saturated rings. The third kappa shape index (κ3) is 2.57. The SMILES string of the molecule is CS(=O)(=O)c1ncc(-c2c(F)cc(F)cc2F)c(=O)[nH]1. The molecule has 5 nitrogen and oxygen atoms in total. The van der Waals surface area contributed by atoms with Crippen molar-refractivity contribution in [2.24, 2.45) is 0 Å². The monoisotopic (exact) mass is 304 g/mol. The molecule has 0 saturated heterocycles. The van der Waals surface area contributed by atoms with Crippen LogP contribution in [0.1, 0.15) is 0 Å². The van der Waals surface area contributed by atoms with Gasteiger partial charge in [0.05, 0.1) is 11.1 Å². The molecule has 9 heteroatoms. The third-order valence-corrected chi connectivity index (χ3v) is 3.31. The first kappa shape index (κ1) is 14.3. The van der Waals surface area contributed by atoms with Gasteiger partial charge in [0.15, 0.2) is 0 Å². The summed E-state index contributed by atoms with van der Waals surface area (Å²) in [5.41, 5.74) is -2.36. The van der Waals surface area contributed by atoms with Crippen molar-refractivity contribution in [2.75, 3.05) is 6.26 Å². The summed E-state index contributed by atoms with van der Waals surface area (Å²) >= 11 is 0. The van der Waals surface area contributed by atoms with E-state index >= 15 is 0 Å². The molecular weight excluding hydrogens is 297 g/mol. The number of aromatic amines is 1. The third-order valence-electron chi connectivity index (χ3n) is 2.40. The predicted octanol–water partition coefficient (Wildman–Crippen LogP) is 1.26. The normalized spacial score (nSPS) is 11.6. The fraction of sp³-hybridized carbons (Fsp3) is 0.0909. The van der Waals surface area contributed by atoms with Gasteiger partial charge in [0.25, 0.3) is 5.56 Å². The van der Waals surface area contributed by atoms with Crippen molar-refractivity contribution in [1.29, 1.82) is 0 Å². The van der Waals surface area contributed by atoms with Gasteiger partial charge in [-0.25, -0.2) is 26.6 Å². The highest BCUT2D eigenvalue weighted by Crippen LogP contribution is 2.23. The van der Waals surface area contributed by atoms with Crippen molar-refractivity contribution in [3.8, 4) is 11.1 Å². The first-order valence-corrected chi connectivity index (χ1v) is 7.03. The second-order valence-corrected chi connectivity index (χ2v) is 5.88. The fourth-order valence-electron chi connectivity index (χ4n) is 1.54. The molecule has 1 aromatic heterocycles. The first-order valence-electron chi connectivity index (χ1n) is 5.14. The number of rotatable bonds is 2. The molecule has 0 spiro atoms. The number of hydrogen-bond donors (Lipinski definition) is 1. The van der Waals surface area contributed by atoms with Gasteiger partial charge in [-0.2, -0.15) is 0 Å². The Bertz CT molecular complexity index is 823. The maximum atomic E-state index is 13.5. The molecule has 0 radical (unpaired) electrons. The predicted molar refractivity (Wildman–Crippen MR) is 63.3 cm³/mol. The highest BCUT2D eigenvalue weighted by atomic mass is 32.2. The molecule has 2 aromatic rings. The number of benzene rings is 1. The summed E-state index contributed by atoms with van der Waals surface area (Å²) in [7, 11) is -3.77. The van der Waals surface area contributed by atoms with E-state index in [-0.39, 0.29) is 0 Å². The topological polar surface area (TPSA) is 79.9 Å². The summed E-state index contributed by atoms with van der Waals surface area (Å²) in [6.45, 7) is 0. The first-order chi connectivity index (χ1) is 9.20. The molecule has 0 saturated carbocycles. The van der Waals surface area contributed by atoms with Gasteiger partial charge >= 0.3 is 0 Å². The van der Waals surface area contributed by atoms with Crippen LogP contribution >= 0.6 is 0 Å². The quantitative estimate of drug-likeness (QED) is 0.847. The average Bonchev–Trinajstić information content (AvgIpc) is 2.28. The summed E-state index contributed by atoms with van der Waals surface area (Å²) in [6, 6.07) is 0.810. The van der Waals surface area contributed by atoms with Crippen LogP contribution in [-0.2, 0) is 9.84 Å². The average molecular weight is 304 g/mol. The number of nitrogens with zero attached hydrogens (tertiary/aromatic N) is 1. The molecule has 1 aromatic carbocycles. The van der Waals surface area contributed by atoms with Gasteiger partial charge < -0.3 is 0 Å². The van der Waals surface area contributed by atoms with Crippen LogP contribution in [0.25, 0.3) is 11.1 Å². The number of halogens is 3. The number of hydrogen-bond acceptors (Lipinski definition) is 4. The Morgan fingerprint density at radius 3 is 2.15 bits per heavy atom. The van der Waals surface area contributed by atoms with Crippen LogP contribution < -0.4 is 5.56 Å². The van der Waals surface area contributed by atoms with E-state index < -0.39 is 49.1 Å². The number of H-pyrrole nitrogens is 1. The maximum absolute atomic E-state index is 13.5. The fourth-order valence-corrected chi connectivity index (χ4v) is 2.07. The molecule has 0 unspecified atom stereocenters. The zero-order valence-electron chi connectivity index (χ0n) is 9.95. The second-order valence-electron chi connectivity index (χ2n) is 3.95. The Balaban J connectivity index is 2.70. The minimum absolute atomic E-state index is 0.405. The molecular formula is C11H7F3N2O3S. The maximum Gasteiger partial charge on any atom is 0.259 e. The standard InChI is InChI=1S/C11H7F3N2O3S/c1-20(18,19)11-15-4-6(10(17)16-11)9-7(13)2-5(12)3-8(9)14/h2-4H,1H3,(H,15,16,17). The highest BCUT2D eigenvalue weighted by Gasteiger charge is 2.19. The lowest BCUT2D eigenvalue weighted by Gasteiger charge is -2.05. The Hall–Kier alpha value is -2.16. The van der Waals surface area contributed by atoms with Crippen molar-refractivity contribution in [2.45, 2.75) is 5.16 Å². The Labute approximate surface area is 111 Å².